The first-order chi connectivity index (χ1) is 8.06. The van der Waals surface area contributed by atoms with Gasteiger partial charge >= 0.3 is 5.97 Å². The van der Waals surface area contributed by atoms with Gasteiger partial charge in [0.25, 0.3) is 0 Å². The van der Waals surface area contributed by atoms with Gasteiger partial charge in [0.2, 0.25) is 0 Å². The van der Waals surface area contributed by atoms with Crippen LogP contribution in [0.5, 0.6) is 0 Å². The molecule has 0 aliphatic rings. The van der Waals surface area contributed by atoms with Gasteiger partial charge < -0.3 is 10.0 Å². The van der Waals surface area contributed by atoms with E-state index in [0.29, 0.717) is 5.02 Å². The maximum Gasteiger partial charge on any atom is 0.337 e. The van der Waals surface area contributed by atoms with Crippen molar-refractivity contribution in [3.63, 3.8) is 0 Å². The zero-order chi connectivity index (χ0) is 12.8. The van der Waals surface area contributed by atoms with Crippen LogP contribution in [0.3, 0.4) is 0 Å². The number of carbonyl (C=O) groups is 1. The van der Waals surface area contributed by atoms with Crippen LogP contribution in [0.15, 0.2) is 18.2 Å². The predicted molar refractivity (Wildman–Crippen MR) is 71.2 cm³/mol. The number of nitrogens with zero attached hydrogens (tertiary/aromatic N) is 1. The average molecular weight is 256 g/mol. The summed E-state index contributed by atoms with van der Waals surface area (Å²) in [5, 5.41) is 9.58. The first kappa shape index (κ1) is 13.8. The van der Waals surface area contributed by atoms with Gasteiger partial charge in [-0.05, 0) is 24.6 Å². The molecule has 94 valence electrons. The van der Waals surface area contributed by atoms with Gasteiger partial charge in [0.15, 0.2) is 0 Å². The fourth-order valence-electron chi connectivity index (χ4n) is 1.73. The van der Waals surface area contributed by atoms with Gasteiger partial charge in [0.1, 0.15) is 0 Å². The number of anilines is 1. The first-order valence-corrected chi connectivity index (χ1v) is 6.18. The van der Waals surface area contributed by atoms with Crippen LogP contribution in [0, 0.1) is 0 Å². The molecule has 0 heterocycles. The lowest BCUT2D eigenvalue weighted by Crippen LogP contribution is -2.21. The molecule has 0 atom stereocenters. The number of carboxylic acid groups (broad SMARTS) is 1. The van der Waals surface area contributed by atoms with E-state index >= 15 is 0 Å². The number of hydrogen-bond acceptors (Lipinski definition) is 2. The number of unbranched alkanes of at least 4 members (excludes halogenated alkanes) is 2. The van der Waals surface area contributed by atoms with E-state index in [2.05, 4.69) is 6.92 Å². The molecule has 1 aromatic carbocycles. The monoisotopic (exact) mass is 255 g/mol. The minimum atomic E-state index is -0.940. The second-order valence-electron chi connectivity index (χ2n) is 4.10. The molecule has 0 saturated carbocycles. The second kappa shape index (κ2) is 6.50. The van der Waals surface area contributed by atoms with Crippen molar-refractivity contribution < 1.29 is 9.90 Å². The van der Waals surface area contributed by atoms with Crippen LogP contribution in [0.25, 0.3) is 0 Å². The fraction of sp³-hybridized carbons (Fsp3) is 0.462. The average Bonchev–Trinajstić information content (AvgIpc) is 2.29. The third kappa shape index (κ3) is 3.93. The Labute approximate surface area is 107 Å². The Morgan fingerprint density at radius 3 is 2.71 bits per heavy atom. The molecule has 0 aromatic heterocycles. The van der Waals surface area contributed by atoms with Gasteiger partial charge in [-0.2, -0.15) is 0 Å². The van der Waals surface area contributed by atoms with Crippen LogP contribution in [0.2, 0.25) is 5.02 Å². The standard InChI is InChI=1S/C13H18ClNO2/c1-3-4-5-8-15(2)12-7-6-10(14)9-11(12)13(16)17/h6-7,9H,3-5,8H2,1-2H3,(H,16,17). The first-order valence-electron chi connectivity index (χ1n) is 5.80. The topological polar surface area (TPSA) is 40.5 Å². The number of halogens is 1. The van der Waals surface area contributed by atoms with Crippen LogP contribution < -0.4 is 4.90 Å². The summed E-state index contributed by atoms with van der Waals surface area (Å²) >= 11 is 5.81. The molecule has 0 aliphatic carbocycles. The van der Waals surface area contributed by atoms with Gasteiger partial charge in [-0.15, -0.1) is 0 Å². The van der Waals surface area contributed by atoms with E-state index in [-0.39, 0.29) is 5.56 Å². The molecule has 0 aliphatic heterocycles. The smallest absolute Gasteiger partial charge is 0.337 e. The number of rotatable bonds is 6. The molecule has 1 N–H and O–H groups in total. The summed E-state index contributed by atoms with van der Waals surface area (Å²) < 4.78 is 0. The molecule has 0 radical (unpaired) electrons. The van der Waals surface area contributed by atoms with Crippen molar-refractivity contribution in [1.29, 1.82) is 0 Å². The van der Waals surface area contributed by atoms with E-state index < -0.39 is 5.97 Å². The van der Waals surface area contributed by atoms with Crippen molar-refractivity contribution in [1.82, 2.24) is 0 Å². The van der Waals surface area contributed by atoms with Crippen molar-refractivity contribution >= 4 is 23.3 Å². The van der Waals surface area contributed by atoms with Crippen LogP contribution in [-0.4, -0.2) is 24.7 Å². The molecule has 0 saturated heterocycles. The lowest BCUT2D eigenvalue weighted by molar-refractivity contribution is 0.0697. The maximum atomic E-state index is 11.1. The Kier molecular flexibility index (Phi) is 5.29. The van der Waals surface area contributed by atoms with Gasteiger partial charge in [-0.3, -0.25) is 0 Å². The number of aromatic carboxylic acids is 1. The maximum absolute atomic E-state index is 11.1. The quantitative estimate of drug-likeness (QED) is 0.789. The van der Waals surface area contributed by atoms with E-state index in [1.807, 2.05) is 11.9 Å². The molecule has 4 heteroatoms. The summed E-state index contributed by atoms with van der Waals surface area (Å²) in [4.78, 5) is 13.1. The normalized spacial score (nSPS) is 10.3. The lowest BCUT2D eigenvalue weighted by Gasteiger charge is -2.21. The highest BCUT2D eigenvalue weighted by atomic mass is 35.5. The molecule has 0 unspecified atom stereocenters. The highest BCUT2D eigenvalue weighted by Crippen LogP contribution is 2.24. The summed E-state index contributed by atoms with van der Waals surface area (Å²) in [5.74, 6) is -0.940. The summed E-state index contributed by atoms with van der Waals surface area (Å²) in [7, 11) is 1.91. The molecule has 1 rings (SSSR count). The van der Waals surface area contributed by atoms with Crippen molar-refractivity contribution in [3.05, 3.63) is 28.8 Å². The van der Waals surface area contributed by atoms with Gasteiger partial charge in [0, 0.05) is 18.6 Å². The van der Waals surface area contributed by atoms with Crippen LogP contribution in [0.4, 0.5) is 5.69 Å². The molecule has 0 amide bonds. The van der Waals surface area contributed by atoms with Crippen LogP contribution >= 0.6 is 11.6 Å². The Morgan fingerprint density at radius 2 is 2.12 bits per heavy atom. The number of benzene rings is 1. The Balaban J connectivity index is 2.84. The predicted octanol–water partition coefficient (Wildman–Crippen LogP) is 3.66. The van der Waals surface area contributed by atoms with Crippen molar-refractivity contribution in [2.75, 3.05) is 18.5 Å². The largest absolute Gasteiger partial charge is 0.478 e. The number of carboxylic acids is 1. The molecular formula is C13H18ClNO2. The molecule has 0 spiro atoms. The minimum Gasteiger partial charge on any atom is -0.478 e. The van der Waals surface area contributed by atoms with Crippen molar-refractivity contribution in [3.8, 4) is 0 Å². The molecule has 17 heavy (non-hydrogen) atoms. The Morgan fingerprint density at radius 1 is 1.41 bits per heavy atom. The fourth-order valence-corrected chi connectivity index (χ4v) is 1.90. The third-order valence-corrected chi connectivity index (χ3v) is 2.93. The molecule has 0 bridgehead atoms. The van der Waals surface area contributed by atoms with Gasteiger partial charge in [0.05, 0.1) is 11.3 Å². The Bertz CT molecular complexity index is 393. The van der Waals surface area contributed by atoms with E-state index in [0.717, 1.165) is 31.5 Å². The molecular weight excluding hydrogens is 238 g/mol. The minimum absolute atomic E-state index is 0.261. The molecule has 3 nitrogen and oxygen atoms in total. The van der Waals surface area contributed by atoms with Crippen molar-refractivity contribution in [2.24, 2.45) is 0 Å². The highest BCUT2D eigenvalue weighted by Gasteiger charge is 2.13. The summed E-state index contributed by atoms with van der Waals surface area (Å²) in [6, 6.07) is 4.98. The summed E-state index contributed by atoms with van der Waals surface area (Å²) in [6.07, 6.45) is 3.37. The third-order valence-electron chi connectivity index (χ3n) is 2.70. The second-order valence-corrected chi connectivity index (χ2v) is 4.53. The van der Waals surface area contributed by atoms with Crippen LogP contribution in [0.1, 0.15) is 36.5 Å². The lowest BCUT2D eigenvalue weighted by atomic mass is 10.1. The van der Waals surface area contributed by atoms with E-state index in [1.165, 1.54) is 6.07 Å². The van der Waals surface area contributed by atoms with Crippen molar-refractivity contribution in [2.45, 2.75) is 26.2 Å². The highest BCUT2D eigenvalue weighted by molar-refractivity contribution is 6.31. The zero-order valence-corrected chi connectivity index (χ0v) is 11.0. The van der Waals surface area contributed by atoms with Gasteiger partial charge in [-0.25, -0.2) is 4.79 Å². The zero-order valence-electron chi connectivity index (χ0n) is 10.2. The Hall–Kier alpha value is -1.22. The molecule has 0 fully saturated rings. The van der Waals surface area contributed by atoms with E-state index in [9.17, 15) is 4.79 Å². The van der Waals surface area contributed by atoms with Crippen LogP contribution in [-0.2, 0) is 0 Å². The number of hydrogen-bond donors (Lipinski definition) is 1. The van der Waals surface area contributed by atoms with E-state index in [1.54, 1.807) is 12.1 Å². The van der Waals surface area contributed by atoms with E-state index in [4.69, 9.17) is 16.7 Å². The summed E-state index contributed by atoms with van der Waals surface area (Å²) in [5.41, 5.74) is 0.981. The SMILES string of the molecule is CCCCCN(C)c1ccc(Cl)cc1C(=O)O. The molecule has 1 aromatic rings. The summed E-state index contributed by atoms with van der Waals surface area (Å²) in [6.45, 7) is 3.00. The van der Waals surface area contributed by atoms with Gasteiger partial charge in [-0.1, -0.05) is 31.4 Å².